The van der Waals surface area contributed by atoms with Crippen LogP contribution in [0.25, 0.3) is 0 Å². The molecule has 1 aliphatic heterocycles. The molecule has 0 radical (unpaired) electrons. The highest BCUT2D eigenvalue weighted by Crippen LogP contribution is 2.28. The normalized spacial score (nSPS) is 14.4. The highest BCUT2D eigenvalue weighted by Gasteiger charge is 2.23. The summed E-state index contributed by atoms with van der Waals surface area (Å²) in [6.07, 6.45) is 0. The van der Waals surface area contributed by atoms with Gasteiger partial charge in [-0.2, -0.15) is 0 Å². The summed E-state index contributed by atoms with van der Waals surface area (Å²) in [4.78, 5) is 37.9. The lowest BCUT2D eigenvalue weighted by Gasteiger charge is -2.26. The fourth-order valence-corrected chi connectivity index (χ4v) is 2.39. The number of methoxy groups -OCH3 is 1. The standard InChI is InChI=1S/C20H27NO7/c1-20(2,3)17(22)12-28-19(24)14-5-6-15(16(11-14)25-4)27-13-18(23)21-7-9-26-10-8-21/h5-6,11H,7-10,12-13H2,1-4H3. The summed E-state index contributed by atoms with van der Waals surface area (Å²) in [6.45, 7) is 6.96. The van der Waals surface area contributed by atoms with Gasteiger partial charge in [0.05, 0.1) is 25.9 Å². The average molecular weight is 393 g/mol. The Morgan fingerprint density at radius 3 is 2.36 bits per heavy atom. The third kappa shape index (κ3) is 5.95. The molecule has 1 amide bonds. The zero-order chi connectivity index (χ0) is 20.7. The summed E-state index contributed by atoms with van der Waals surface area (Å²) >= 11 is 0. The SMILES string of the molecule is COc1cc(C(=O)OCC(=O)C(C)(C)C)ccc1OCC(=O)N1CCOCC1. The summed E-state index contributed by atoms with van der Waals surface area (Å²) < 4.78 is 21.1. The minimum Gasteiger partial charge on any atom is -0.493 e. The Morgan fingerprint density at radius 2 is 1.75 bits per heavy atom. The van der Waals surface area contributed by atoms with Crippen LogP contribution in [0.15, 0.2) is 18.2 Å². The molecule has 1 aromatic carbocycles. The van der Waals surface area contributed by atoms with E-state index in [1.165, 1.54) is 25.3 Å². The van der Waals surface area contributed by atoms with E-state index in [9.17, 15) is 14.4 Å². The van der Waals surface area contributed by atoms with Crippen molar-refractivity contribution in [2.24, 2.45) is 5.41 Å². The molecule has 1 aliphatic rings. The van der Waals surface area contributed by atoms with Gasteiger partial charge in [0.1, 0.15) is 0 Å². The highest BCUT2D eigenvalue weighted by molar-refractivity contribution is 5.93. The lowest BCUT2D eigenvalue weighted by Crippen LogP contribution is -2.43. The first-order chi connectivity index (χ1) is 13.2. The molecule has 8 heteroatoms. The van der Waals surface area contributed by atoms with Gasteiger partial charge in [-0.05, 0) is 18.2 Å². The van der Waals surface area contributed by atoms with Crippen molar-refractivity contribution in [3.05, 3.63) is 23.8 Å². The van der Waals surface area contributed by atoms with Crippen molar-refractivity contribution >= 4 is 17.7 Å². The lowest BCUT2D eigenvalue weighted by molar-refractivity contribution is -0.137. The summed E-state index contributed by atoms with van der Waals surface area (Å²) in [6, 6.07) is 4.49. The summed E-state index contributed by atoms with van der Waals surface area (Å²) in [5.41, 5.74) is -0.353. The molecule has 1 heterocycles. The quantitative estimate of drug-likeness (QED) is 0.651. The van der Waals surface area contributed by atoms with Crippen molar-refractivity contribution in [3.8, 4) is 11.5 Å². The van der Waals surface area contributed by atoms with E-state index < -0.39 is 11.4 Å². The fourth-order valence-electron chi connectivity index (χ4n) is 2.39. The van der Waals surface area contributed by atoms with Crippen LogP contribution in [0.3, 0.4) is 0 Å². The number of ether oxygens (including phenoxy) is 4. The third-order valence-corrected chi connectivity index (χ3v) is 4.29. The number of amides is 1. The Balaban J connectivity index is 1.96. The molecule has 1 saturated heterocycles. The molecule has 0 spiro atoms. The molecule has 154 valence electrons. The zero-order valence-corrected chi connectivity index (χ0v) is 16.8. The van der Waals surface area contributed by atoms with Gasteiger partial charge in [-0.1, -0.05) is 20.8 Å². The van der Waals surface area contributed by atoms with Crippen LogP contribution in [0.2, 0.25) is 0 Å². The molecular weight excluding hydrogens is 366 g/mol. The van der Waals surface area contributed by atoms with E-state index in [1.54, 1.807) is 25.7 Å². The van der Waals surface area contributed by atoms with Crippen molar-refractivity contribution in [2.75, 3.05) is 46.6 Å². The van der Waals surface area contributed by atoms with Crippen LogP contribution in [-0.2, 0) is 19.1 Å². The number of morpholine rings is 1. The van der Waals surface area contributed by atoms with Gasteiger partial charge in [-0.3, -0.25) is 9.59 Å². The van der Waals surface area contributed by atoms with Gasteiger partial charge in [0, 0.05) is 18.5 Å². The number of carbonyl (C=O) groups is 3. The smallest absolute Gasteiger partial charge is 0.338 e. The average Bonchev–Trinajstić information content (AvgIpc) is 2.69. The van der Waals surface area contributed by atoms with E-state index in [4.69, 9.17) is 18.9 Å². The van der Waals surface area contributed by atoms with Crippen LogP contribution in [0, 0.1) is 5.41 Å². The van der Waals surface area contributed by atoms with Crippen LogP contribution in [0.1, 0.15) is 31.1 Å². The maximum atomic E-state index is 12.2. The molecule has 1 aromatic rings. The van der Waals surface area contributed by atoms with Gasteiger partial charge >= 0.3 is 5.97 Å². The van der Waals surface area contributed by atoms with Crippen molar-refractivity contribution in [2.45, 2.75) is 20.8 Å². The van der Waals surface area contributed by atoms with E-state index in [0.29, 0.717) is 37.8 Å². The van der Waals surface area contributed by atoms with Gasteiger partial charge < -0.3 is 23.8 Å². The van der Waals surface area contributed by atoms with Crippen LogP contribution < -0.4 is 9.47 Å². The van der Waals surface area contributed by atoms with Gasteiger partial charge in [0.25, 0.3) is 5.91 Å². The minimum atomic E-state index is -0.633. The molecule has 0 saturated carbocycles. The highest BCUT2D eigenvalue weighted by atomic mass is 16.5. The Hall–Kier alpha value is -2.61. The van der Waals surface area contributed by atoms with E-state index in [2.05, 4.69) is 0 Å². The minimum absolute atomic E-state index is 0.139. The molecule has 0 aromatic heterocycles. The van der Waals surface area contributed by atoms with Crippen LogP contribution in [0.4, 0.5) is 0 Å². The summed E-state index contributed by atoms with van der Waals surface area (Å²) in [5, 5.41) is 0. The number of rotatable bonds is 7. The number of nitrogens with zero attached hydrogens (tertiary/aromatic N) is 1. The number of Topliss-reactive ketones (excluding diaryl/α,β-unsaturated/α-hetero) is 1. The Morgan fingerprint density at radius 1 is 1.07 bits per heavy atom. The van der Waals surface area contributed by atoms with Crippen molar-refractivity contribution in [1.29, 1.82) is 0 Å². The van der Waals surface area contributed by atoms with E-state index in [0.717, 1.165) is 0 Å². The molecular formula is C20H27NO7. The second-order valence-electron chi connectivity index (χ2n) is 7.40. The van der Waals surface area contributed by atoms with E-state index in [1.807, 2.05) is 0 Å². The Kier molecular flexibility index (Phi) is 7.39. The van der Waals surface area contributed by atoms with Gasteiger partial charge in [0.2, 0.25) is 0 Å². The molecule has 0 atom stereocenters. The topological polar surface area (TPSA) is 91.4 Å². The molecule has 2 rings (SSSR count). The second kappa shape index (κ2) is 9.54. The van der Waals surface area contributed by atoms with Crippen LogP contribution in [0.5, 0.6) is 11.5 Å². The molecule has 1 fully saturated rings. The first-order valence-electron chi connectivity index (χ1n) is 9.09. The Labute approximate surface area is 164 Å². The first-order valence-corrected chi connectivity index (χ1v) is 9.09. The number of benzene rings is 1. The van der Waals surface area contributed by atoms with Crippen LogP contribution >= 0.6 is 0 Å². The lowest BCUT2D eigenvalue weighted by atomic mass is 9.91. The number of hydrogen-bond donors (Lipinski definition) is 0. The van der Waals surface area contributed by atoms with Crippen molar-refractivity contribution in [3.63, 3.8) is 0 Å². The predicted octanol–water partition coefficient (Wildman–Crippen LogP) is 1.70. The third-order valence-electron chi connectivity index (χ3n) is 4.29. The summed E-state index contributed by atoms with van der Waals surface area (Å²) in [7, 11) is 1.43. The summed E-state index contributed by atoms with van der Waals surface area (Å²) in [5.74, 6) is -0.312. The maximum absolute atomic E-state index is 12.2. The number of ketones is 1. The molecule has 28 heavy (non-hydrogen) atoms. The molecule has 0 unspecified atom stereocenters. The monoisotopic (exact) mass is 393 g/mol. The van der Waals surface area contributed by atoms with Gasteiger partial charge in [-0.15, -0.1) is 0 Å². The van der Waals surface area contributed by atoms with Gasteiger partial charge in [0.15, 0.2) is 30.5 Å². The predicted molar refractivity (Wildman–Crippen MR) is 101 cm³/mol. The number of esters is 1. The Bertz CT molecular complexity index is 718. The molecule has 8 nitrogen and oxygen atoms in total. The molecule has 0 aliphatic carbocycles. The molecule has 0 bridgehead atoms. The second-order valence-corrected chi connectivity index (χ2v) is 7.40. The fraction of sp³-hybridized carbons (Fsp3) is 0.550. The zero-order valence-electron chi connectivity index (χ0n) is 16.8. The first kappa shape index (κ1) is 21.7. The van der Waals surface area contributed by atoms with Crippen molar-refractivity contribution in [1.82, 2.24) is 4.90 Å². The molecule has 0 N–H and O–H groups in total. The van der Waals surface area contributed by atoms with Crippen molar-refractivity contribution < 1.29 is 33.3 Å². The van der Waals surface area contributed by atoms with E-state index >= 15 is 0 Å². The maximum Gasteiger partial charge on any atom is 0.338 e. The van der Waals surface area contributed by atoms with Crippen LogP contribution in [-0.4, -0.2) is 69.2 Å². The van der Waals surface area contributed by atoms with E-state index in [-0.39, 0.29) is 30.5 Å². The van der Waals surface area contributed by atoms with Gasteiger partial charge in [-0.25, -0.2) is 4.79 Å². The largest absolute Gasteiger partial charge is 0.493 e. The number of carbonyl (C=O) groups excluding carboxylic acids is 3. The number of hydrogen-bond acceptors (Lipinski definition) is 7.